The number of nitrogens with zero attached hydrogens (tertiary/aromatic N) is 2. The highest BCUT2D eigenvalue weighted by atomic mass is 35.5. The summed E-state index contributed by atoms with van der Waals surface area (Å²) in [6.45, 7) is 3.74. The topological polar surface area (TPSA) is 141 Å². The number of halogens is 2. The first-order valence-electron chi connectivity index (χ1n) is 11.8. The number of rotatable bonds is 9. The quantitative estimate of drug-likeness (QED) is 0.434. The Morgan fingerprint density at radius 2 is 1.76 bits per heavy atom. The lowest BCUT2D eigenvalue weighted by atomic mass is 9.97. The second-order valence-corrected chi connectivity index (χ2v) is 13.7. The number of hydrogen-bond acceptors (Lipinski definition) is 6. The predicted octanol–water partition coefficient (Wildman–Crippen LogP) is 2.02. The van der Waals surface area contributed by atoms with Crippen LogP contribution in [0.2, 0.25) is 5.02 Å². The van der Waals surface area contributed by atoms with Crippen molar-refractivity contribution >= 4 is 39.2 Å². The Labute approximate surface area is 219 Å². The van der Waals surface area contributed by atoms with Crippen LogP contribution < -0.4 is 10.6 Å². The summed E-state index contributed by atoms with van der Waals surface area (Å²) in [6, 6.07) is 6.93. The van der Waals surface area contributed by atoms with Gasteiger partial charge in [-0.3, -0.25) is 14.4 Å². The van der Waals surface area contributed by atoms with Crippen molar-refractivity contribution in [1.82, 2.24) is 25.5 Å². The van der Waals surface area contributed by atoms with Gasteiger partial charge in [0.15, 0.2) is 15.7 Å². The maximum absolute atomic E-state index is 13.9. The van der Waals surface area contributed by atoms with Crippen LogP contribution in [0, 0.1) is 0 Å². The van der Waals surface area contributed by atoms with E-state index < -0.39 is 42.7 Å². The van der Waals surface area contributed by atoms with E-state index >= 15 is 0 Å². The Morgan fingerprint density at radius 1 is 1.14 bits per heavy atom. The number of aromatic nitrogens is 2. The van der Waals surface area contributed by atoms with Crippen molar-refractivity contribution in [3.05, 3.63) is 52.6 Å². The number of H-pyrrole nitrogens is 1. The molecule has 2 aromatic rings. The van der Waals surface area contributed by atoms with Gasteiger partial charge in [-0.15, -0.1) is 0 Å². The van der Waals surface area contributed by atoms with Gasteiger partial charge in [0.2, 0.25) is 5.91 Å². The molecule has 0 bridgehead atoms. The van der Waals surface area contributed by atoms with E-state index in [0.717, 1.165) is 5.56 Å². The summed E-state index contributed by atoms with van der Waals surface area (Å²) in [7, 11) is -4.03. The number of sulfone groups is 1. The highest BCUT2D eigenvalue weighted by molar-refractivity contribution is 7.95. The number of aromatic amines is 1. The fourth-order valence-corrected chi connectivity index (χ4v) is 6.84. The Balaban J connectivity index is 1.35. The number of hydrogen-bond donors (Lipinski definition) is 3. The average Bonchev–Trinajstić information content (AvgIpc) is 3.47. The monoisotopic (exact) mass is 553 g/mol. The predicted molar refractivity (Wildman–Crippen MR) is 135 cm³/mol. The van der Waals surface area contributed by atoms with E-state index in [1.807, 2.05) is 0 Å². The largest absolute Gasteiger partial charge is 0.349 e. The third-order valence-corrected chi connectivity index (χ3v) is 10.3. The molecular formula is C24H29ClFN5O5S. The van der Waals surface area contributed by atoms with Gasteiger partial charge >= 0.3 is 0 Å². The summed E-state index contributed by atoms with van der Waals surface area (Å²) in [5.74, 6) is -1.88. The number of imidazole rings is 1. The van der Waals surface area contributed by atoms with E-state index in [9.17, 15) is 27.2 Å². The van der Waals surface area contributed by atoms with Crippen molar-refractivity contribution in [2.24, 2.45) is 0 Å². The third kappa shape index (κ3) is 5.22. The van der Waals surface area contributed by atoms with Gasteiger partial charge in [0.1, 0.15) is 16.1 Å². The first-order chi connectivity index (χ1) is 17.2. The van der Waals surface area contributed by atoms with Gasteiger partial charge in [0, 0.05) is 18.1 Å². The maximum Gasteiger partial charge on any atom is 0.287 e. The standard InChI is InChI=1S/C24H29ClFN5O5S/c1-22(2,21(34)31-13-23(3,26)14-31)37(35,36)24(8-9-24)12-29-19(32)17-11-27-18(30-17)20(33)28-10-15-4-6-16(25)7-5-15/h4-7,11H,8-10,12-14H2,1-3H3,(H,27,30)(H,28,33)(H,29,32). The molecule has 0 spiro atoms. The highest BCUT2D eigenvalue weighted by Gasteiger charge is 2.63. The fourth-order valence-electron chi connectivity index (χ4n) is 4.37. The lowest BCUT2D eigenvalue weighted by Crippen LogP contribution is -2.65. The van der Waals surface area contributed by atoms with Crippen LogP contribution in [0.1, 0.15) is 60.3 Å². The Bertz CT molecular complexity index is 1330. The van der Waals surface area contributed by atoms with Crippen LogP contribution in [0.5, 0.6) is 0 Å². The summed E-state index contributed by atoms with van der Waals surface area (Å²) >= 11 is 5.85. The summed E-state index contributed by atoms with van der Waals surface area (Å²) in [6.07, 6.45) is 1.76. The van der Waals surface area contributed by atoms with E-state index in [4.69, 9.17) is 11.6 Å². The molecule has 1 aromatic heterocycles. The van der Waals surface area contributed by atoms with E-state index in [-0.39, 0.29) is 50.5 Å². The second-order valence-electron chi connectivity index (χ2n) is 10.4. The number of nitrogens with one attached hydrogen (secondary N) is 3. The Morgan fingerprint density at radius 3 is 2.32 bits per heavy atom. The number of benzene rings is 1. The van der Waals surface area contributed by atoms with Crippen molar-refractivity contribution in [2.45, 2.75) is 55.3 Å². The number of likely N-dealkylation sites (tertiary alicyclic amines) is 1. The smallest absolute Gasteiger partial charge is 0.287 e. The molecule has 10 nitrogen and oxygen atoms in total. The van der Waals surface area contributed by atoms with Gasteiger partial charge in [-0.1, -0.05) is 23.7 Å². The van der Waals surface area contributed by atoms with Crippen LogP contribution in [0.3, 0.4) is 0 Å². The van der Waals surface area contributed by atoms with Crippen LogP contribution in [0.25, 0.3) is 0 Å². The molecule has 1 saturated heterocycles. The molecule has 0 atom stereocenters. The summed E-state index contributed by atoms with van der Waals surface area (Å²) in [4.78, 5) is 45.7. The average molecular weight is 554 g/mol. The van der Waals surface area contributed by atoms with Gasteiger partial charge in [-0.05, 0) is 51.3 Å². The maximum atomic E-state index is 13.9. The van der Waals surface area contributed by atoms with E-state index in [0.29, 0.717) is 5.02 Å². The van der Waals surface area contributed by atoms with Crippen LogP contribution in [-0.2, 0) is 21.2 Å². The molecule has 200 valence electrons. The molecule has 4 rings (SSSR count). The molecule has 2 heterocycles. The second kappa shape index (κ2) is 9.39. The molecule has 1 saturated carbocycles. The molecule has 37 heavy (non-hydrogen) atoms. The minimum atomic E-state index is -4.03. The van der Waals surface area contributed by atoms with Crippen LogP contribution in [-0.4, -0.2) is 75.8 Å². The van der Waals surface area contributed by atoms with Crippen LogP contribution >= 0.6 is 11.6 Å². The number of amides is 3. The first-order valence-corrected chi connectivity index (χ1v) is 13.6. The normalized spacial score (nSPS) is 18.0. The summed E-state index contributed by atoms with van der Waals surface area (Å²) in [5.41, 5.74) is -0.702. The van der Waals surface area contributed by atoms with Gasteiger partial charge in [-0.25, -0.2) is 17.8 Å². The molecule has 0 radical (unpaired) electrons. The first kappa shape index (κ1) is 27.1. The molecule has 1 aliphatic carbocycles. The fraction of sp³-hybridized carbons (Fsp3) is 0.500. The van der Waals surface area contributed by atoms with E-state index in [1.165, 1.54) is 31.9 Å². The molecule has 3 N–H and O–H groups in total. The number of alkyl halides is 1. The number of carbonyl (C=O) groups is 3. The molecule has 1 aromatic carbocycles. The van der Waals surface area contributed by atoms with Crippen molar-refractivity contribution in [1.29, 1.82) is 0 Å². The van der Waals surface area contributed by atoms with Crippen LogP contribution in [0.4, 0.5) is 4.39 Å². The summed E-state index contributed by atoms with van der Waals surface area (Å²) < 4.78 is 37.7. The summed E-state index contributed by atoms with van der Waals surface area (Å²) in [5, 5.41) is 5.84. The van der Waals surface area contributed by atoms with Crippen molar-refractivity contribution in [2.75, 3.05) is 19.6 Å². The lowest BCUT2D eigenvalue weighted by Gasteiger charge is -2.45. The Kier molecular flexibility index (Phi) is 6.87. The van der Waals surface area contributed by atoms with Crippen molar-refractivity contribution < 1.29 is 27.2 Å². The number of carbonyl (C=O) groups excluding carboxylic acids is 3. The van der Waals surface area contributed by atoms with Gasteiger partial charge in [-0.2, -0.15) is 0 Å². The van der Waals surface area contributed by atoms with E-state index in [2.05, 4.69) is 20.6 Å². The van der Waals surface area contributed by atoms with Gasteiger partial charge in [0.05, 0.1) is 24.0 Å². The van der Waals surface area contributed by atoms with E-state index in [1.54, 1.807) is 24.3 Å². The molecule has 1 aliphatic heterocycles. The zero-order chi connectivity index (χ0) is 27.2. The van der Waals surface area contributed by atoms with Crippen LogP contribution in [0.15, 0.2) is 30.5 Å². The molecule has 2 fully saturated rings. The van der Waals surface area contributed by atoms with Gasteiger partial charge in [0.25, 0.3) is 11.8 Å². The molecule has 13 heteroatoms. The minimum Gasteiger partial charge on any atom is -0.349 e. The zero-order valence-electron chi connectivity index (χ0n) is 20.7. The molecule has 3 amide bonds. The zero-order valence-corrected chi connectivity index (χ0v) is 22.3. The minimum absolute atomic E-state index is 0.0111. The Hall–Kier alpha value is -2.99. The third-order valence-electron chi connectivity index (χ3n) is 6.87. The van der Waals surface area contributed by atoms with Crippen molar-refractivity contribution in [3.63, 3.8) is 0 Å². The van der Waals surface area contributed by atoms with Gasteiger partial charge < -0.3 is 20.5 Å². The van der Waals surface area contributed by atoms with Crippen molar-refractivity contribution in [3.8, 4) is 0 Å². The molecule has 2 aliphatic rings. The molecular weight excluding hydrogens is 525 g/mol. The lowest BCUT2D eigenvalue weighted by molar-refractivity contribution is -0.146. The highest BCUT2D eigenvalue weighted by Crippen LogP contribution is 2.48. The molecule has 0 unspecified atom stereocenters. The SMILES string of the molecule is CC1(F)CN(C(=O)C(C)(C)S(=O)(=O)C2(CNC(=O)c3cnc(C(=O)NCc4ccc(Cl)cc4)[nH]3)CC2)C1.